The molecule has 3 atom stereocenters. The Morgan fingerprint density at radius 2 is 1.78 bits per heavy atom. The fourth-order valence-corrected chi connectivity index (χ4v) is 3.54. The largest absolute Gasteiger partial charge is 0.480 e. The van der Waals surface area contributed by atoms with Gasteiger partial charge in [-0.1, -0.05) is 0 Å². The van der Waals surface area contributed by atoms with Crippen molar-refractivity contribution in [3.63, 3.8) is 0 Å². The Morgan fingerprint density at radius 1 is 1.12 bits per heavy atom. The van der Waals surface area contributed by atoms with E-state index in [4.69, 9.17) is 5.73 Å². The smallest absolute Gasteiger partial charge is 0.326 e. The molecule has 1 aliphatic heterocycles. The number of aromatic amines is 2. The van der Waals surface area contributed by atoms with Crippen molar-refractivity contribution in [1.29, 1.82) is 0 Å². The molecule has 2 aromatic heterocycles. The van der Waals surface area contributed by atoms with Crippen LogP contribution in [0.3, 0.4) is 0 Å². The van der Waals surface area contributed by atoms with Gasteiger partial charge in [0.05, 0.1) is 25.2 Å². The van der Waals surface area contributed by atoms with E-state index in [0.29, 0.717) is 30.8 Å². The summed E-state index contributed by atoms with van der Waals surface area (Å²) in [5, 5.41) is 14.3. The van der Waals surface area contributed by atoms with Crippen LogP contribution in [0.15, 0.2) is 25.0 Å². The van der Waals surface area contributed by atoms with Crippen LogP contribution in [0.1, 0.15) is 24.2 Å². The number of carbonyl (C=O) groups is 4. The third-order valence-electron chi connectivity index (χ3n) is 5.22. The molecule has 13 heteroatoms. The summed E-state index contributed by atoms with van der Waals surface area (Å²) < 4.78 is 0. The Labute approximate surface area is 183 Å². The second-order valence-corrected chi connectivity index (χ2v) is 7.53. The van der Waals surface area contributed by atoms with E-state index < -0.39 is 41.8 Å². The maximum atomic E-state index is 12.8. The predicted molar refractivity (Wildman–Crippen MR) is 110 cm³/mol. The number of carboxylic acids is 1. The van der Waals surface area contributed by atoms with Crippen molar-refractivity contribution >= 4 is 23.7 Å². The van der Waals surface area contributed by atoms with E-state index in [-0.39, 0.29) is 19.4 Å². The van der Waals surface area contributed by atoms with Gasteiger partial charge in [0.15, 0.2) is 0 Å². The molecule has 0 saturated carbocycles. The van der Waals surface area contributed by atoms with Gasteiger partial charge in [0.2, 0.25) is 17.7 Å². The summed E-state index contributed by atoms with van der Waals surface area (Å²) in [6.45, 7) is -0.0550. The highest BCUT2D eigenvalue weighted by molar-refractivity contribution is 5.93. The third-order valence-corrected chi connectivity index (χ3v) is 5.22. The zero-order valence-corrected chi connectivity index (χ0v) is 17.3. The van der Waals surface area contributed by atoms with Crippen LogP contribution in [-0.2, 0) is 32.0 Å². The number of hydrogen-bond acceptors (Lipinski definition) is 7. The Bertz CT molecular complexity index is 930. The van der Waals surface area contributed by atoms with Gasteiger partial charge in [-0.3, -0.25) is 14.4 Å². The molecular weight excluding hydrogens is 420 g/mol. The standard InChI is InChI=1S/C19H26N8O5/c20-13(4-11-6-21-9-24-11)17(29)26-14(5-12-7-22-10-25-12)18(30)23-8-16(28)27-3-1-2-15(27)19(31)32/h6-7,9-10,13-15H,1-5,8,20H2,(H,21,24)(H,22,25)(H,23,30)(H,26,29)(H,31,32). The van der Waals surface area contributed by atoms with Crippen LogP contribution >= 0.6 is 0 Å². The molecule has 13 nitrogen and oxygen atoms in total. The maximum Gasteiger partial charge on any atom is 0.326 e. The van der Waals surface area contributed by atoms with Crippen LogP contribution in [0.5, 0.6) is 0 Å². The number of aromatic nitrogens is 4. The van der Waals surface area contributed by atoms with Gasteiger partial charge < -0.3 is 36.3 Å². The number of hydrogen-bond donors (Lipinski definition) is 6. The van der Waals surface area contributed by atoms with E-state index >= 15 is 0 Å². The molecule has 172 valence electrons. The minimum absolute atomic E-state index is 0.101. The molecule has 32 heavy (non-hydrogen) atoms. The number of H-pyrrole nitrogens is 2. The average molecular weight is 446 g/mol. The number of imidazole rings is 2. The number of nitrogens with one attached hydrogen (secondary N) is 4. The summed E-state index contributed by atoms with van der Waals surface area (Å²) in [7, 11) is 0. The summed E-state index contributed by atoms with van der Waals surface area (Å²) >= 11 is 0. The molecule has 1 fully saturated rings. The highest BCUT2D eigenvalue weighted by Crippen LogP contribution is 2.17. The van der Waals surface area contributed by atoms with Crippen molar-refractivity contribution in [2.24, 2.45) is 5.73 Å². The Hall–Kier alpha value is -3.74. The van der Waals surface area contributed by atoms with Gasteiger partial charge in [-0.25, -0.2) is 14.8 Å². The van der Waals surface area contributed by atoms with E-state index in [1.165, 1.54) is 23.8 Å². The van der Waals surface area contributed by atoms with Crippen molar-refractivity contribution in [3.8, 4) is 0 Å². The molecule has 0 aliphatic carbocycles. The molecule has 7 N–H and O–H groups in total. The molecule has 2 aromatic rings. The van der Waals surface area contributed by atoms with Gasteiger partial charge in [-0.05, 0) is 12.8 Å². The first kappa shape index (κ1) is 22.9. The number of carboxylic acid groups (broad SMARTS) is 1. The second-order valence-electron chi connectivity index (χ2n) is 7.53. The van der Waals surface area contributed by atoms with Crippen molar-refractivity contribution in [1.82, 2.24) is 35.5 Å². The number of likely N-dealkylation sites (tertiary alicyclic amines) is 1. The minimum atomic E-state index is -1.07. The lowest BCUT2D eigenvalue weighted by Gasteiger charge is -2.23. The number of carbonyl (C=O) groups excluding carboxylic acids is 3. The molecule has 3 heterocycles. The van der Waals surface area contributed by atoms with E-state index in [0.717, 1.165) is 0 Å². The summed E-state index contributed by atoms with van der Waals surface area (Å²) in [6.07, 6.45) is 7.25. The van der Waals surface area contributed by atoms with Crippen molar-refractivity contribution < 1.29 is 24.3 Å². The molecule has 1 saturated heterocycles. The fraction of sp³-hybridized carbons (Fsp3) is 0.474. The predicted octanol–water partition coefficient (Wildman–Crippen LogP) is -2.08. The number of rotatable bonds is 10. The molecule has 3 amide bonds. The van der Waals surface area contributed by atoms with Crippen LogP contribution < -0.4 is 16.4 Å². The summed E-state index contributed by atoms with van der Waals surface area (Å²) in [5.74, 6) is -2.71. The van der Waals surface area contributed by atoms with E-state index in [1.807, 2.05) is 0 Å². The SMILES string of the molecule is NC(Cc1cnc[nH]1)C(=O)NC(Cc1cnc[nH]1)C(=O)NCC(=O)N1CCCC1C(=O)O. The number of aliphatic carboxylic acids is 1. The third kappa shape index (κ3) is 5.91. The van der Waals surface area contributed by atoms with E-state index in [1.54, 1.807) is 6.20 Å². The zero-order chi connectivity index (χ0) is 23.1. The summed E-state index contributed by atoms with van der Waals surface area (Å²) in [6, 6.07) is -2.83. The first-order valence-electron chi connectivity index (χ1n) is 10.2. The Morgan fingerprint density at radius 3 is 2.38 bits per heavy atom. The van der Waals surface area contributed by atoms with Crippen molar-refractivity contribution in [2.45, 2.75) is 43.8 Å². The van der Waals surface area contributed by atoms with Crippen LogP contribution in [0, 0.1) is 0 Å². The quantitative estimate of drug-likeness (QED) is 0.239. The van der Waals surface area contributed by atoms with Gasteiger partial charge >= 0.3 is 5.97 Å². The van der Waals surface area contributed by atoms with Crippen LogP contribution in [-0.4, -0.2) is 84.8 Å². The van der Waals surface area contributed by atoms with Crippen molar-refractivity contribution in [2.75, 3.05) is 13.1 Å². The Balaban J connectivity index is 1.60. The normalized spacial score (nSPS) is 17.5. The lowest BCUT2D eigenvalue weighted by atomic mass is 10.1. The van der Waals surface area contributed by atoms with Crippen LogP contribution in [0.25, 0.3) is 0 Å². The highest BCUT2D eigenvalue weighted by atomic mass is 16.4. The molecule has 0 radical (unpaired) electrons. The maximum absolute atomic E-state index is 12.8. The van der Waals surface area contributed by atoms with Gasteiger partial charge in [0.25, 0.3) is 0 Å². The highest BCUT2D eigenvalue weighted by Gasteiger charge is 2.34. The van der Waals surface area contributed by atoms with Gasteiger partial charge in [0, 0.05) is 43.2 Å². The lowest BCUT2D eigenvalue weighted by molar-refractivity contribution is -0.148. The lowest BCUT2D eigenvalue weighted by Crippen LogP contribution is -2.54. The fourth-order valence-electron chi connectivity index (χ4n) is 3.54. The molecule has 3 unspecified atom stereocenters. The Kier molecular flexibility index (Phi) is 7.54. The van der Waals surface area contributed by atoms with Crippen LogP contribution in [0.4, 0.5) is 0 Å². The molecular formula is C19H26N8O5. The molecule has 0 spiro atoms. The average Bonchev–Trinajstić information content (AvgIpc) is 3.53. The molecule has 0 aromatic carbocycles. The zero-order valence-electron chi connectivity index (χ0n) is 17.3. The summed E-state index contributed by atoms with van der Waals surface area (Å²) in [4.78, 5) is 63.8. The van der Waals surface area contributed by atoms with Crippen LogP contribution in [0.2, 0.25) is 0 Å². The summed E-state index contributed by atoms with van der Waals surface area (Å²) in [5.41, 5.74) is 7.22. The van der Waals surface area contributed by atoms with Gasteiger partial charge in [-0.2, -0.15) is 0 Å². The second kappa shape index (κ2) is 10.5. The molecule has 3 rings (SSSR count). The molecule has 1 aliphatic rings. The molecule has 0 bridgehead atoms. The number of nitrogens with two attached hydrogens (primary N) is 1. The van der Waals surface area contributed by atoms with E-state index in [2.05, 4.69) is 30.6 Å². The van der Waals surface area contributed by atoms with Crippen molar-refractivity contribution in [3.05, 3.63) is 36.4 Å². The number of nitrogens with zero attached hydrogens (tertiary/aromatic N) is 3. The monoisotopic (exact) mass is 446 g/mol. The number of amides is 3. The van der Waals surface area contributed by atoms with Gasteiger partial charge in [-0.15, -0.1) is 0 Å². The first-order valence-corrected chi connectivity index (χ1v) is 10.2. The topological polar surface area (TPSA) is 199 Å². The minimum Gasteiger partial charge on any atom is -0.480 e. The first-order chi connectivity index (χ1) is 15.3. The van der Waals surface area contributed by atoms with Gasteiger partial charge in [0.1, 0.15) is 12.1 Å². The van der Waals surface area contributed by atoms with E-state index in [9.17, 15) is 24.3 Å².